The molecular formula is C10H18O. The lowest BCUT2D eigenvalue weighted by molar-refractivity contribution is 0.154. The fraction of sp³-hybridized carbons (Fsp3) is 1.00. The summed E-state index contributed by atoms with van der Waals surface area (Å²) in [5, 5.41) is 0. The zero-order chi connectivity index (χ0) is 7.84. The van der Waals surface area contributed by atoms with Gasteiger partial charge in [-0.1, -0.05) is 13.8 Å². The molecule has 2 aliphatic rings. The second-order valence-corrected chi connectivity index (χ2v) is 4.45. The summed E-state index contributed by atoms with van der Waals surface area (Å²) in [5.41, 5.74) is 0. The van der Waals surface area contributed by atoms with E-state index in [1.165, 1.54) is 12.8 Å². The maximum atomic E-state index is 5.49. The molecule has 0 aromatic carbocycles. The highest BCUT2D eigenvalue weighted by Crippen LogP contribution is 2.44. The van der Waals surface area contributed by atoms with Gasteiger partial charge in [0.15, 0.2) is 0 Å². The van der Waals surface area contributed by atoms with Gasteiger partial charge in [0.05, 0.1) is 6.61 Å². The number of rotatable bonds is 1. The Hall–Kier alpha value is -0.0400. The molecule has 1 nitrogen and oxygen atoms in total. The normalized spacial score (nSPS) is 43.4. The van der Waals surface area contributed by atoms with E-state index in [4.69, 9.17) is 4.74 Å². The molecule has 2 fully saturated rings. The Bertz CT molecular complexity index is 142. The summed E-state index contributed by atoms with van der Waals surface area (Å²) >= 11 is 0. The third-order valence-electron chi connectivity index (χ3n) is 3.52. The third-order valence-corrected chi connectivity index (χ3v) is 3.52. The highest BCUT2D eigenvalue weighted by Gasteiger charge is 2.40. The molecule has 1 saturated carbocycles. The number of hydrogen-bond acceptors (Lipinski definition) is 1. The molecule has 0 radical (unpaired) electrons. The van der Waals surface area contributed by atoms with E-state index in [9.17, 15) is 0 Å². The highest BCUT2D eigenvalue weighted by molar-refractivity contribution is 4.89. The van der Waals surface area contributed by atoms with Crippen LogP contribution in [-0.4, -0.2) is 13.2 Å². The summed E-state index contributed by atoms with van der Waals surface area (Å²) in [6.45, 7) is 6.80. The molecule has 11 heavy (non-hydrogen) atoms. The quantitative estimate of drug-likeness (QED) is 0.563. The van der Waals surface area contributed by atoms with Crippen LogP contribution < -0.4 is 0 Å². The Kier molecular flexibility index (Phi) is 1.92. The van der Waals surface area contributed by atoms with E-state index in [0.717, 1.165) is 36.9 Å². The maximum absolute atomic E-state index is 5.49. The zero-order valence-electron chi connectivity index (χ0n) is 7.55. The number of ether oxygens (including phenoxy) is 1. The monoisotopic (exact) mass is 154 g/mol. The van der Waals surface area contributed by atoms with Crippen LogP contribution in [0.15, 0.2) is 0 Å². The van der Waals surface area contributed by atoms with Crippen LogP contribution >= 0.6 is 0 Å². The summed E-state index contributed by atoms with van der Waals surface area (Å²) in [6, 6.07) is 0. The molecule has 1 saturated heterocycles. The predicted molar refractivity (Wildman–Crippen MR) is 45.4 cm³/mol. The molecule has 1 heteroatoms. The zero-order valence-corrected chi connectivity index (χ0v) is 7.55. The van der Waals surface area contributed by atoms with Crippen molar-refractivity contribution in [1.29, 1.82) is 0 Å². The first kappa shape index (κ1) is 7.60. The molecule has 0 bridgehead atoms. The summed E-state index contributed by atoms with van der Waals surface area (Å²) in [5.74, 6) is 3.66. The molecule has 0 aromatic rings. The van der Waals surface area contributed by atoms with Crippen LogP contribution in [0.2, 0.25) is 0 Å². The Morgan fingerprint density at radius 2 is 2.00 bits per heavy atom. The number of fused-ring (bicyclic) bond motifs is 1. The Morgan fingerprint density at radius 3 is 2.73 bits per heavy atom. The lowest BCUT2D eigenvalue weighted by atomic mass is 9.84. The largest absolute Gasteiger partial charge is 0.381 e. The molecule has 2 rings (SSSR count). The van der Waals surface area contributed by atoms with E-state index in [1.807, 2.05) is 0 Å². The molecule has 1 aliphatic heterocycles. The average Bonchev–Trinajstić information content (AvgIpc) is 2.41. The molecule has 0 aromatic heterocycles. The highest BCUT2D eigenvalue weighted by atomic mass is 16.5. The third kappa shape index (κ3) is 1.20. The van der Waals surface area contributed by atoms with Gasteiger partial charge in [0.25, 0.3) is 0 Å². The molecule has 1 aliphatic carbocycles. The molecule has 3 unspecified atom stereocenters. The van der Waals surface area contributed by atoms with Crippen molar-refractivity contribution in [2.24, 2.45) is 23.7 Å². The van der Waals surface area contributed by atoms with Crippen molar-refractivity contribution in [2.75, 3.05) is 13.2 Å². The van der Waals surface area contributed by atoms with Gasteiger partial charge in [-0.15, -0.1) is 0 Å². The minimum atomic E-state index is 0.867. The van der Waals surface area contributed by atoms with Gasteiger partial charge in [-0.25, -0.2) is 0 Å². The second kappa shape index (κ2) is 2.78. The van der Waals surface area contributed by atoms with Crippen LogP contribution in [0.3, 0.4) is 0 Å². The van der Waals surface area contributed by atoms with Crippen LogP contribution in [0.4, 0.5) is 0 Å². The van der Waals surface area contributed by atoms with Crippen molar-refractivity contribution in [3.8, 4) is 0 Å². The van der Waals surface area contributed by atoms with Crippen molar-refractivity contribution >= 4 is 0 Å². The van der Waals surface area contributed by atoms with E-state index in [-0.39, 0.29) is 0 Å². The van der Waals surface area contributed by atoms with E-state index in [0.29, 0.717) is 0 Å². The van der Waals surface area contributed by atoms with Crippen LogP contribution in [0.5, 0.6) is 0 Å². The topological polar surface area (TPSA) is 9.23 Å². The summed E-state index contributed by atoms with van der Waals surface area (Å²) in [4.78, 5) is 0. The van der Waals surface area contributed by atoms with Crippen LogP contribution in [0.1, 0.15) is 26.7 Å². The van der Waals surface area contributed by atoms with Gasteiger partial charge in [0.2, 0.25) is 0 Å². The summed E-state index contributed by atoms with van der Waals surface area (Å²) in [6.07, 6.45) is 2.88. The summed E-state index contributed by atoms with van der Waals surface area (Å²) in [7, 11) is 0. The van der Waals surface area contributed by atoms with E-state index in [1.54, 1.807) is 0 Å². The minimum Gasteiger partial charge on any atom is -0.381 e. The fourth-order valence-electron chi connectivity index (χ4n) is 2.83. The fourth-order valence-corrected chi connectivity index (χ4v) is 2.83. The van der Waals surface area contributed by atoms with Crippen LogP contribution in [0, 0.1) is 23.7 Å². The first-order chi connectivity index (χ1) is 5.29. The first-order valence-corrected chi connectivity index (χ1v) is 4.87. The second-order valence-electron chi connectivity index (χ2n) is 4.45. The summed E-state index contributed by atoms with van der Waals surface area (Å²) < 4.78 is 5.49. The van der Waals surface area contributed by atoms with Crippen molar-refractivity contribution in [2.45, 2.75) is 26.7 Å². The van der Waals surface area contributed by atoms with Gasteiger partial charge in [-0.2, -0.15) is 0 Å². The molecule has 0 spiro atoms. The Labute approximate surface area is 69.1 Å². The first-order valence-electron chi connectivity index (χ1n) is 4.87. The van der Waals surface area contributed by atoms with Gasteiger partial charge < -0.3 is 4.74 Å². The number of hydrogen-bond donors (Lipinski definition) is 0. The SMILES string of the molecule is CC(C)C1CCC2COCC21. The van der Waals surface area contributed by atoms with Gasteiger partial charge in [0, 0.05) is 6.61 Å². The Morgan fingerprint density at radius 1 is 1.18 bits per heavy atom. The Balaban J connectivity index is 2.03. The van der Waals surface area contributed by atoms with Gasteiger partial charge >= 0.3 is 0 Å². The maximum Gasteiger partial charge on any atom is 0.0500 e. The molecule has 0 N–H and O–H groups in total. The van der Waals surface area contributed by atoms with Crippen molar-refractivity contribution < 1.29 is 4.74 Å². The molecule has 64 valence electrons. The molecule has 0 amide bonds. The lowest BCUT2D eigenvalue weighted by Crippen LogP contribution is -2.17. The van der Waals surface area contributed by atoms with Crippen molar-refractivity contribution in [1.82, 2.24) is 0 Å². The van der Waals surface area contributed by atoms with Crippen LogP contribution in [0.25, 0.3) is 0 Å². The standard InChI is InChI=1S/C10H18O/c1-7(2)9-4-3-8-5-11-6-10(8)9/h7-10H,3-6H2,1-2H3. The van der Waals surface area contributed by atoms with Gasteiger partial charge in [-0.05, 0) is 36.5 Å². The van der Waals surface area contributed by atoms with E-state index >= 15 is 0 Å². The smallest absolute Gasteiger partial charge is 0.0500 e. The molecule has 1 heterocycles. The minimum absolute atomic E-state index is 0.867. The van der Waals surface area contributed by atoms with E-state index < -0.39 is 0 Å². The predicted octanol–water partition coefficient (Wildman–Crippen LogP) is 2.32. The van der Waals surface area contributed by atoms with Crippen LogP contribution in [-0.2, 0) is 4.74 Å². The molecular weight excluding hydrogens is 136 g/mol. The van der Waals surface area contributed by atoms with Gasteiger partial charge in [0.1, 0.15) is 0 Å². The van der Waals surface area contributed by atoms with Crippen molar-refractivity contribution in [3.05, 3.63) is 0 Å². The van der Waals surface area contributed by atoms with Crippen molar-refractivity contribution in [3.63, 3.8) is 0 Å². The molecule has 3 atom stereocenters. The average molecular weight is 154 g/mol. The lowest BCUT2D eigenvalue weighted by Gasteiger charge is -2.20. The van der Waals surface area contributed by atoms with E-state index in [2.05, 4.69) is 13.8 Å². The van der Waals surface area contributed by atoms with Gasteiger partial charge in [-0.3, -0.25) is 0 Å².